The van der Waals surface area contributed by atoms with Crippen molar-refractivity contribution in [2.45, 2.75) is 38.6 Å². The molecule has 1 aromatic rings. The molecule has 1 heterocycles. The molecule has 1 N–H and O–H groups in total. The van der Waals surface area contributed by atoms with Crippen LogP contribution < -0.4 is 5.32 Å². The number of anilines is 1. The van der Waals surface area contributed by atoms with Crippen LogP contribution >= 0.6 is 11.3 Å². The Morgan fingerprint density at radius 2 is 2.07 bits per heavy atom. The maximum atomic E-state index is 4.46. The largest absolute Gasteiger partial charge is 0.358 e. The van der Waals surface area contributed by atoms with Gasteiger partial charge in [0, 0.05) is 11.4 Å². The third-order valence-electron chi connectivity index (χ3n) is 3.57. The van der Waals surface area contributed by atoms with Gasteiger partial charge in [0.2, 0.25) is 0 Å². The molecule has 14 heavy (non-hydrogen) atoms. The second-order valence-corrected chi connectivity index (χ2v) is 5.43. The first-order valence-electron chi connectivity index (χ1n) is 5.53. The van der Waals surface area contributed by atoms with Crippen molar-refractivity contribution in [2.75, 3.05) is 5.32 Å². The summed E-state index contributed by atoms with van der Waals surface area (Å²) in [7, 11) is 0. The molecule has 2 aliphatic rings. The molecular weight excluding hydrogens is 192 g/mol. The van der Waals surface area contributed by atoms with Crippen LogP contribution in [-0.2, 0) is 0 Å². The lowest BCUT2D eigenvalue weighted by Crippen LogP contribution is -2.04. The molecule has 2 nitrogen and oxygen atoms in total. The van der Waals surface area contributed by atoms with Crippen molar-refractivity contribution in [1.29, 1.82) is 0 Å². The van der Waals surface area contributed by atoms with E-state index in [4.69, 9.17) is 0 Å². The number of hydrogen-bond acceptors (Lipinski definition) is 3. The zero-order chi connectivity index (χ0) is 9.54. The summed E-state index contributed by atoms with van der Waals surface area (Å²) >= 11 is 1.74. The molecule has 0 aromatic carbocycles. The number of aromatic nitrogens is 1. The van der Waals surface area contributed by atoms with Crippen LogP contribution in [0.15, 0.2) is 5.38 Å². The molecule has 2 atom stereocenters. The molecule has 0 amide bonds. The summed E-state index contributed by atoms with van der Waals surface area (Å²) in [6.07, 6.45) is 5.76. The molecule has 76 valence electrons. The topological polar surface area (TPSA) is 24.9 Å². The van der Waals surface area contributed by atoms with E-state index >= 15 is 0 Å². The van der Waals surface area contributed by atoms with Gasteiger partial charge in [-0.3, -0.25) is 0 Å². The number of aryl methyl sites for hydroxylation is 1. The quantitative estimate of drug-likeness (QED) is 0.808. The van der Waals surface area contributed by atoms with E-state index in [0.29, 0.717) is 0 Å². The van der Waals surface area contributed by atoms with Crippen LogP contribution in [0.25, 0.3) is 0 Å². The minimum absolute atomic E-state index is 0.753. The van der Waals surface area contributed by atoms with Crippen molar-refractivity contribution in [1.82, 2.24) is 4.98 Å². The van der Waals surface area contributed by atoms with Gasteiger partial charge in [0.1, 0.15) is 0 Å². The molecule has 0 radical (unpaired) electrons. The molecule has 2 saturated carbocycles. The zero-order valence-electron chi connectivity index (χ0n) is 8.49. The second kappa shape index (κ2) is 3.23. The van der Waals surface area contributed by atoms with Crippen molar-refractivity contribution >= 4 is 16.5 Å². The summed E-state index contributed by atoms with van der Waals surface area (Å²) < 4.78 is 0. The molecule has 2 aliphatic carbocycles. The number of fused-ring (bicyclic) bond motifs is 1. The Kier molecular flexibility index (Phi) is 2.01. The Hall–Kier alpha value is -0.570. The Labute approximate surface area is 88.7 Å². The smallest absolute Gasteiger partial charge is 0.183 e. The van der Waals surface area contributed by atoms with Gasteiger partial charge < -0.3 is 5.32 Å². The van der Waals surface area contributed by atoms with Gasteiger partial charge in [0.15, 0.2) is 5.13 Å². The SMILES string of the molecule is Cc1csc(NC2C3CCCCC32)n1. The Balaban J connectivity index is 1.64. The zero-order valence-corrected chi connectivity index (χ0v) is 9.31. The third-order valence-corrected chi connectivity index (χ3v) is 4.46. The predicted octanol–water partition coefficient (Wildman–Crippen LogP) is 3.05. The van der Waals surface area contributed by atoms with Crippen LogP contribution in [0.4, 0.5) is 5.13 Å². The van der Waals surface area contributed by atoms with Crippen molar-refractivity contribution < 1.29 is 0 Å². The molecule has 3 heteroatoms. The van der Waals surface area contributed by atoms with E-state index in [1.54, 1.807) is 11.3 Å². The summed E-state index contributed by atoms with van der Waals surface area (Å²) in [5, 5.41) is 6.83. The fraction of sp³-hybridized carbons (Fsp3) is 0.727. The Morgan fingerprint density at radius 1 is 1.36 bits per heavy atom. The first-order chi connectivity index (χ1) is 6.84. The highest BCUT2D eigenvalue weighted by atomic mass is 32.1. The lowest BCUT2D eigenvalue weighted by Gasteiger charge is -2.04. The van der Waals surface area contributed by atoms with Crippen LogP contribution in [-0.4, -0.2) is 11.0 Å². The molecule has 0 spiro atoms. The summed E-state index contributed by atoms with van der Waals surface area (Å²) in [6.45, 7) is 2.06. The molecule has 1 aromatic heterocycles. The molecule has 2 unspecified atom stereocenters. The number of thiazole rings is 1. The lowest BCUT2D eigenvalue weighted by atomic mass is 10.0. The van der Waals surface area contributed by atoms with E-state index < -0.39 is 0 Å². The van der Waals surface area contributed by atoms with E-state index in [2.05, 4.69) is 22.6 Å². The molecule has 0 bridgehead atoms. The number of rotatable bonds is 2. The molecule has 3 rings (SSSR count). The number of nitrogens with one attached hydrogen (secondary N) is 1. The molecule has 0 aliphatic heterocycles. The first kappa shape index (κ1) is 8.72. The predicted molar refractivity (Wildman–Crippen MR) is 59.7 cm³/mol. The minimum Gasteiger partial charge on any atom is -0.358 e. The van der Waals surface area contributed by atoms with Gasteiger partial charge in [-0.2, -0.15) is 0 Å². The van der Waals surface area contributed by atoms with E-state index in [1.165, 1.54) is 25.7 Å². The van der Waals surface area contributed by atoms with Gasteiger partial charge in [-0.05, 0) is 31.6 Å². The number of hydrogen-bond donors (Lipinski definition) is 1. The minimum atomic E-state index is 0.753. The van der Waals surface area contributed by atoms with E-state index in [0.717, 1.165) is 28.7 Å². The van der Waals surface area contributed by atoms with E-state index in [9.17, 15) is 0 Å². The highest BCUT2D eigenvalue weighted by Gasteiger charge is 2.50. The van der Waals surface area contributed by atoms with Crippen molar-refractivity contribution in [3.8, 4) is 0 Å². The lowest BCUT2D eigenvalue weighted by molar-refractivity contribution is 0.480. The fourth-order valence-corrected chi connectivity index (χ4v) is 3.50. The van der Waals surface area contributed by atoms with E-state index in [1.807, 2.05) is 0 Å². The van der Waals surface area contributed by atoms with Crippen molar-refractivity contribution in [2.24, 2.45) is 11.8 Å². The molecule has 0 saturated heterocycles. The van der Waals surface area contributed by atoms with Crippen LogP contribution in [0.2, 0.25) is 0 Å². The second-order valence-electron chi connectivity index (χ2n) is 4.58. The summed E-state index contributed by atoms with van der Waals surface area (Å²) in [5.41, 5.74) is 1.14. The summed E-state index contributed by atoms with van der Waals surface area (Å²) in [4.78, 5) is 4.46. The van der Waals surface area contributed by atoms with Gasteiger partial charge in [0.05, 0.1) is 5.69 Å². The van der Waals surface area contributed by atoms with Crippen molar-refractivity contribution in [3.63, 3.8) is 0 Å². The van der Waals surface area contributed by atoms with Crippen LogP contribution in [0.3, 0.4) is 0 Å². The Morgan fingerprint density at radius 3 is 2.64 bits per heavy atom. The van der Waals surface area contributed by atoms with Gasteiger partial charge >= 0.3 is 0 Å². The van der Waals surface area contributed by atoms with Gasteiger partial charge in [0.25, 0.3) is 0 Å². The van der Waals surface area contributed by atoms with E-state index in [-0.39, 0.29) is 0 Å². The first-order valence-corrected chi connectivity index (χ1v) is 6.41. The standard InChI is InChI=1S/C11H16N2S/c1-7-6-14-11(12-7)13-10-8-4-2-3-5-9(8)10/h6,8-10H,2-5H2,1H3,(H,12,13). The van der Waals surface area contributed by atoms with Gasteiger partial charge in [-0.1, -0.05) is 12.8 Å². The summed E-state index contributed by atoms with van der Waals surface area (Å²) in [6, 6.07) is 0.753. The average molecular weight is 208 g/mol. The van der Waals surface area contributed by atoms with Gasteiger partial charge in [-0.15, -0.1) is 11.3 Å². The highest BCUT2D eigenvalue weighted by Crippen LogP contribution is 2.51. The maximum Gasteiger partial charge on any atom is 0.183 e. The monoisotopic (exact) mass is 208 g/mol. The average Bonchev–Trinajstić information content (AvgIpc) is 2.72. The van der Waals surface area contributed by atoms with Crippen LogP contribution in [0.5, 0.6) is 0 Å². The molecular formula is C11H16N2S. The fourth-order valence-electron chi connectivity index (χ4n) is 2.77. The third kappa shape index (κ3) is 1.44. The summed E-state index contributed by atoms with van der Waals surface area (Å²) in [5.74, 6) is 1.93. The number of nitrogens with zero attached hydrogens (tertiary/aromatic N) is 1. The highest BCUT2D eigenvalue weighted by molar-refractivity contribution is 7.13. The maximum absolute atomic E-state index is 4.46. The normalized spacial score (nSPS) is 35.1. The Bertz CT molecular complexity index is 322. The molecule has 2 fully saturated rings. The van der Waals surface area contributed by atoms with Gasteiger partial charge in [-0.25, -0.2) is 4.98 Å². The van der Waals surface area contributed by atoms with Crippen LogP contribution in [0.1, 0.15) is 31.4 Å². The van der Waals surface area contributed by atoms with Crippen LogP contribution in [0, 0.1) is 18.8 Å². The van der Waals surface area contributed by atoms with Crippen molar-refractivity contribution in [3.05, 3.63) is 11.1 Å².